The fourth-order valence-electron chi connectivity index (χ4n) is 1.91. The van der Waals surface area contributed by atoms with Gasteiger partial charge in [0.25, 0.3) is 0 Å². The first kappa shape index (κ1) is 10.3. The topological polar surface area (TPSA) is 59.3 Å². The Morgan fingerprint density at radius 1 is 1.47 bits per heavy atom. The minimum absolute atomic E-state index is 0.112. The predicted octanol–water partition coefficient (Wildman–Crippen LogP) is 1.69. The first-order chi connectivity index (χ1) is 8.13. The Morgan fingerprint density at radius 2 is 2.24 bits per heavy atom. The Labute approximate surface area is 98.9 Å². The minimum atomic E-state index is 0.112. The highest BCUT2D eigenvalue weighted by Crippen LogP contribution is 2.30. The summed E-state index contributed by atoms with van der Waals surface area (Å²) in [6.45, 7) is 3.82. The lowest BCUT2D eigenvalue weighted by atomic mass is 10.2. The molecule has 0 saturated heterocycles. The molecule has 0 bridgehead atoms. The zero-order chi connectivity index (χ0) is 12.0. The van der Waals surface area contributed by atoms with E-state index in [1.165, 1.54) is 0 Å². The molecule has 1 saturated carbocycles. The number of carbonyl (C=O) groups is 1. The number of pyridine rings is 1. The molecule has 1 aliphatic carbocycles. The molecule has 1 aliphatic rings. The van der Waals surface area contributed by atoms with Gasteiger partial charge in [-0.1, -0.05) is 0 Å². The molecule has 2 aromatic rings. The third kappa shape index (κ3) is 1.88. The predicted molar refractivity (Wildman–Crippen MR) is 63.8 cm³/mol. The molecule has 17 heavy (non-hydrogen) atoms. The van der Waals surface area contributed by atoms with Crippen LogP contribution in [0.15, 0.2) is 12.3 Å². The molecule has 2 heterocycles. The summed E-state index contributed by atoms with van der Waals surface area (Å²) in [4.78, 5) is 16.0. The van der Waals surface area contributed by atoms with Crippen molar-refractivity contribution in [1.29, 1.82) is 0 Å². The molecule has 1 amide bonds. The van der Waals surface area contributed by atoms with E-state index in [1.54, 1.807) is 4.52 Å². The number of carbonyl (C=O) groups excluding carboxylic acids is 1. The number of hydrogen-bond donors (Lipinski definition) is 1. The average Bonchev–Trinajstić information content (AvgIpc) is 3.02. The Hall–Kier alpha value is -1.91. The number of aromatic nitrogens is 3. The van der Waals surface area contributed by atoms with Gasteiger partial charge in [-0.15, -0.1) is 0 Å². The van der Waals surface area contributed by atoms with Crippen LogP contribution in [0.1, 0.15) is 24.2 Å². The highest BCUT2D eigenvalue weighted by molar-refractivity contribution is 5.94. The summed E-state index contributed by atoms with van der Waals surface area (Å²) in [6, 6.07) is 1.93. The lowest BCUT2D eigenvalue weighted by Crippen LogP contribution is -2.14. The molecule has 0 radical (unpaired) electrons. The van der Waals surface area contributed by atoms with Gasteiger partial charge in [-0.2, -0.15) is 5.10 Å². The van der Waals surface area contributed by atoms with Crippen LogP contribution < -0.4 is 5.32 Å². The summed E-state index contributed by atoms with van der Waals surface area (Å²) >= 11 is 0. The van der Waals surface area contributed by atoms with Crippen molar-refractivity contribution in [2.75, 3.05) is 5.32 Å². The number of aryl methyl sites for hydroxylation is 2. The lowest BCUT2D eigenvalue weighted by molar-refractivity contribution is -0.117. The van der Waals surface area contributed by atoms with Crippen LogP contribution >= 0.6 is 0 Å². The summed E-state index contributed by atoms with van der Waals surface area (Å²) in [5, 5.41) is 7.18. The molecule has 5 heteroatoms. The second-order valence-electron chi connectivity index (χ2n) is 4.60. The van der Waals surface area contributed by atoms with E-state index >= 15 is 0 Å². The third-order valence-corrected chi connectivity index (χ3v) is 2.94. The monoisotopic (exact) mass is 230 g/mol. The number of hydrogen-bond acceptors (Lipinski definition) is 3. The smallest absolute Gasteiger partial charge is 0.227 e. The summed E-state index contributed by atoms with van der Waals surface area (Å²) in [6.07, 6.45) is 3.83. The second kappa shape index (κ2) is 3.55. The number of fused-ring (bicyclic) bond motifs is 1. The minimum Gasteiger partial charge on any atom is -0.324 e. The molecule has 1 N–H and O–H groups in total. The average molecular weight is 230 g/mol. The summed E-state index contributed by atoms with van der Waals surface area (Å²) in [5.74, 6) is 1.06. The van der Waals surface area contributed by atoms with Crippen molar-refractivity contribution in [3.63, 3.8) is 0 Å². The van der Waals surface area contributed by atoms with Gasteiger partial charge in [-0.25, -0.2) is 9.50 Å². The second-order valence-corrected chi connectivity index (χ2v) is 4.60. The van der Waals surface area contributed by atoms with Gasteiger partial charge in [0.1, 0.15) is 5.82 Å². The zero-order valence-electron chi connectivity index (χ0n) is 9.90. The molecule has 0 spiro atoms. The number of nitrogens with one attached hydrogen (secondary N) is 1. The maximum absolute atomic E-state index is 11.7. The van der Waals surface area contributed by atoms with E-state index in [0.29, 0.717) is 0 Å². The van der Waals surface area contributed by atoms with Crippen LogP contribution in [0.4, 0.5) is 5.69 Å². The first-order valence-corrected chi connectivity index (χ1v) is 5.78. The largest absolute Gasteiger partial charge is 0.324 e. The van der Waals surface area contributed by atoms with Gasteiger partial charge < -0.3 is 5.32 Å². The molecule has 88 valence electrons. The fourth-order valence-corrected chi connectivity index (χ4v) is 1.91. The highest BCUT2D eigenvalue weighted by Gasteiger charge is 2.29. The van der Waals surface area contributed by atoms with E-state index in [0.717, 1.165) is 35.6 Å². The van der Waals surface area contributed by atoms with E-state index in [2.05, 4.69) is 15.4 Å². The quantitative estimate of drug-likeness (QED) is 0.854. The van der Waals surface area contributed by atoms with E-state index in [1.807, 2.05) is 26.1 Å². The van der Waals surface area contributed by atoms with Crippen molar-refractivity contribution in [2.24, 2.45) is 5.92 Å². The van der Waals surface area contributed by atoms with Gasteiger partial charge >= 0.3 is 0 Å². The van der Waals surface area contributed by atoms with Crippen LogP contribution in [-0.4, -0.2) is 20.5 Å². The normalized spacial score (nSPS) is 15.2. The van der Waals surface area contributed by atoms with Crippen molar-refractivity contribution in [3.05, 3.63) is 23.7 Å². The molecular formula is C12H14N4O. The lowest BCUT2D eigenvalue weighted by Gasteiger charge is -2.05. The Kier molecular flexibility index (Phi) is 2.14. The van der Waals surface area contributed by atoms with Crippen molar-refractivity contribution in [2.45, 2.75) is 26.7 Å². The Bertz CT molecular complexity index is 598. The van der Waals surface area contributed by atoms with Crippen molar-refractivity contribution in [3.8, 4) is 0 Å². The van der Waals surface area contributed by atoms with Gasteiger partial charge in [-0.05, 0) is 38.3 Å². The Balaban J connectivity index is 1.96. The molecule has 0 unspecified atom stereocenters. The van der Waals surface area contributed by atoms with Gasteiger partial charge in [-0.3, -0.25) is 4.79 Å². The van der Waals surface area contributed by atoms with Crippen LogP contribution in [0.25, 0.3) is 5.65 Å². The molecule has 0 aliphatic heterocycles. The summed E-state index contributed by atoms with van der Waals surface area (Å²) < 4.78 is 1.72. The first-order valence-electron chi connectivity index (χ1n) is 5.78. The van der Waals surface area contributed by atoms with Gasteiger partial charge in [0.05, 0.1) is 11.9 Å². The van der Waals surface area contributed by atoms with Crippen molar-refractivity contribution >= 4 is 17.2 Å². The van der Waals surface area contributed by atoms with E-state index in [9.17, 15) is 4.79 Å². The van der Waals surface area contributed by atoms with E-state index in [4.69, 9.17) is 0 Å². The molecule has 1 fully saturated rings. The fraction of sp³-hybridized carbons (Fsp3) is 0.417. The molecular weight excluding hydrogens is 216 g/mol. The standard InChI is InChI=1S/C12H14N4O/c1-7-5-10(14-12(17)9-3-4-9)6-16-11(7)13-8(2)15-16/h5-6,9H,3-4H2,1-2H3,(H,14,17). The maximum atomic E-state index is 11.7. The van der Waals surface area contributed by atoms with Crippen LogP contribution in [0.2, 0.25) is 0 Å². The maximum Gasteiger partial charge on any atom is 0.227 e. The molecule has 2 aromatic heterocycles. The number of rotatable bonds is 2. The van der Waals surface area contributed by atoms with Gasteiger partial charge in [0, 0.05) is 5.92 Å². The van der Waals surface area contributed by atoms with E-state index < -0.39 is 0 Å². The number of amides is 1. The Morgan fingerprint density at radius 3 is 2.94 bits per heavy atom. The van der Waals surface area contributed by atoms with Crippen LogP contribution in [-0.2, 0) is 4.79 Å². The van der Waals surface area contributed by atoms with Crippen molar-refractivity contribution < 1.29 is 4.79 Å². The van der Waals surface area contributed by atoms with Gasteiger partial charge in [0.15, 0.2) is 5.65 Å². The van der Waals surface area contributed by atoms with E-state index in [-0.39, 0.29) is 11.8 Å². The zero-order valence-corrected chi connectivity index (χ0v) is 9.90. The molecule has 3 rings (SSSR count). The third-order valence-electron chi connectivity index (χ3n) is 2.94. The van der Waals surface area contributed by atoms with Crippen LogP contribution in [0, 0.1) is 19.8 Å². The number of anilines is 1. The molecule has 5 nitrogen and oxygen atoms in total. The molecule has 0 aromatic carbocycles. The van der Waals surface area contributed by atoms with Crippen LogP contribution in [0.3, 0.4) is 0 Å². The SMILES string of the molecule is Cc1nc2c(C)cc(NC(=O)C3CC3)cn2n1. The summed E-state index contributed by atoms with van der Waals surface area (Å²) in [7, 11) is 0. The number of nitrogens with zero attached hydrogens (tertiary/aromatic N) is 3. The summed E-state index contributed by atoms with van der Waals surface area (Å²) in [5.41, 5.74) is 2.64. The van der Waals surface area contributed by atoms with Gasteiger partial charge in [0.2, 0.25) is 5.91 Å². The van der Waals surface area contributed by atoms with Crippen molar-refractivity contribution in [1.82, 2.24) is 14.6 Å². The molecule has 0 atom stereocenters. The highest BCUT2D eigenvalue weighted by atomic mass is 16.2. The van der Waals surface area contributed by atoms with Crippen LogP contribution in [0.5, 0.6) is 0 Å².